The van der Waals surface area contributed by atoms with Crippen LogP contribution in [-0.4, -0.2) is 28.1 Å². The average molecular weight is 238 g/mol. The van der Waals surface area contributed by atoms with Gasteiger partial charge < -0.3 is 15.4 Å². The van der Waals surface area contributed by atoms with Crippen molar-refractivity contribution in [2.24, 2.45) is 0 Å². The number of aliphatic hydroxyl groups excluding tert-OH is 1. The Labute approximate surface area is 99.9 Å². The average Bonchev–Trinajstić information content (AvgIpc) is 2.14. The molecule has 1 amide bonds. The van der Waals surface area contributed by atoms with E-state index in [1.807, 2.05) is 0 Å². The Morgan fingerprint density at radius 3 is 2.53 bits per heavy atom. The predicted octanol–water partition coefficient (Wildman–Crippen LogP) is 0.492. The number of aliphatic hydroxyl groups is 1. The van der Waals surface area contributed by atoms with Crippen LogP contribution in [0.5, 0.6) is 0 Å². The fourth-order valence-electron chi connectivity index (χ4n) is 1.55. The highest BCUT2D eigenvalue weighted by Gasteiger charge is 2.22. The molecule has 17 heavy (non-hydrogen) atoms. The normalized spacial score (nSPS) is 11.4. The zero-order chi connectivity index (χ0) is 13.2. The van der Waals surface area contributed by atoms with Crippen molar-refractivity contribution in [2.45, 2.75) is 33.2 Å². The Balaban J connectivity index is 3.10. The van der Waals surface area contributed by atoms with Gasteiger partial charge in [-0.1, -0.05) is 0 Å². The van der Waals surface area contributed by atoms with E-state index in [0.29, 0.717) is 11.3 Å². The molecule has 3 N–H and O–H groups in total. The third-order valence-electron chi connectivity index (χ3n) is 2.44. The van der Waals surface area contributed by atoms with Crippen molar-refractivity contribution in [3.63, 3.8) is 0 Å². The van der Waals surface area contributed by atoms with Gasteiger partial charge in [0.15, 0.2) is 0 Å². The summed E-state index contributed by atoms with van der Waals surface area (Å²) in [6, 6.07) is 1.74. The number of aromatic nitrogens is 1. The molecular formula is C12H18N2O3. The molecule has 5 nitrogen and oxygen atoms in total. The standard InChI is InChI=1S/C12H18N2O3/c1-7-5-8(2)13-10(16)9(7)11(17)14-12(3,4)6-15/h5,15H,6H2,1-4H3,(H,13,16)(H,14,17). The van der Waals surface area contributed by atoms with Crippen molar-refractivity contribution < 1.29 is 9.90 Å². The third-order valence-corrected chi connectivity index (χ3v) is 2.44. The van der Waals surface area contributed by atoms with Gasteiger partial charge in [-0.2, -0.15) is 0 Å². The Hall–Kier alpha value is -1.62. The lowest BCUT2D eigenvalue weighted by atomic mass is 10.0. The minimum absolute atomic E-state index is 0.0946. The molecule has 0 spiro atoms. The van der Waals surface area contributed by atoms with E-state index in [-0.39, 0.29) is 12.2 Å². The van der Waals surface area contributed by atoms with E-state index in [9.17, 15) is 9.59 Å². The topological polar surface area (TPSA) is 82.2 Å². The molecule has 0 saturated carbocycles. The Kier molecular flexibility index (Phi) is 3.72. The maximum Gasteiger partial charge on any atom is 0.261 e. The Bertz CT molecular complexity index is 489. The third kappa shape index (κ3) is 3.17. The molecule has 5 heteroatoms. The van der Waals surface area contributed by atoms with Crippen LogP contribution in [0, 0.1) is 13.8 Å². The van der Waals surface area contributed by atoms with Gasteiger partial charge in [0.2, 0.25) is 0 Å². The number of hydrogen-bond donors (Lipinski definition) is 3. The van der Waals surface area contributed by atoms with Gasteiger partial charge in [0.05, 0.1) is 12.1 Å². The number of nitrogens with one attached hydrogen (secondary N) is 2. The fourth-order valence-corrected chi connectivity index (χ4v) is 1.55. The summed E-state index contributed by atoms with van der Waals surface area (Å²) < 4.78 is 0. The molecular weight excluding hydrogens is 220 g/mol. The molecule has 0 aliphatic heterocycles. The van der Waals surface area contributed by atoms with Crippen molar-refractivity contribution in [1.82, 2.24) is 10.3 Å². The molecule has 1 aromatic heterocycles. The monoisotopic (exact) mass is 238 g/mol. The summed E-state index contributed by atoms with van der Waals surface area (Å²) in [6.45, 7) is 6.64. The summed E-state index contributed by atoms with van der Waals surface area (Å²) in [7, 11) is 0. The van der Waals surface area contributed by atoms with E-state index in [2.05, 4.69) is 10.3 Å². The zero-order valence-electron chi connectivity index (χ0n) is 10.5. The smallest absolute Gasteiger partial charge is 0.261 e. The van der Waals surface area contributed by atoms with E-state index in [1.54, 1.807) is 33.8 Å². The lowest BCUT2D eigenvalue weighted by Crippen LogP contribution is -2.47. The van der Waals surface area contributed by atoms with Gasteiger partial charge in [-0.15, -0.1) is 0 Å². The molecule has 1 heterocycles. The van der Waals surface area contributed by atoms with Gasteiger partial charge in [0, 0.05) is 5.69 Å². The second-order valence-electron chi connectivity index (χ2n) is 4.84. The second-order valence-corrected chi connectivity index (χ2v) is 4.84. The summed E-state index contributed by atoms with van der Waals surface area (Å²) in [6.07, 6.45) is 0. The summed E-state index contributed by atoms with van der Waals surface area (Å²) in [5.74, 6) is -0.470. The number of rotatable bonds is 3. The van der Waals surface area contributed by atoms with Crippen LogP contribution < -0.4 is 10.9 Å². The van der Waals surface area contributed by atoms with Crippen molar-refractivity contribution in [1.29, 1.82) is 0 Å². The molecule has 0 aromatic carbocycles. The van der Waals surface area contributed by atoms with Crippen LogP contribution in [0.4, 0.5) is 0 Å². The first kappa shape index (κ1) is 13.4. The number of H-pyrrole nitrogens is 1. The van der Waals surface area contributed by atoms with Crippen molar-refractivity contribution in [2.75, 3.05) is 6.61 Å². The lowest BCUT2D eigenvalue weighted by Gasteiger charge is -2.23. The van der Waals surface area contributed by atoms with Crippen LogP contribution in [-0.2, 0) is 0 Å². The zero-order valence-corrected chi connectivity index (χ0v) is 10.5. The van der Waals surface area contributed by atoms with E-state index >= 15 is 0 Å². The number of pyridine rings is 1. The molecule has 0 atom stereocenters. The minimum atomic E-state index is -0.749. The number of hydrogen-bond acceptors (Lipinski definition) is 3. The molecule has 0 radical (unpaired) electrons. The molecule has 0 aliphatic carbocycles. The Morgan fingerprint density at radius 1 is 1.47 bits per heavy atom. The van der Waals surface area contributed by atoms with Gasteiger partial charge in [-0.05, 0) is 39.3 Å². The number of carbonyl (C=O) groups is 1. The lowest BCUT2D eigenvalue weighted by molar-refractivity contribution is 0.0867. The first-order valence-corrected chi connectivity index (χ1v) is 5.41. The highest BCUT2D eigenvalue weighted by atomic mass is 16.3. The maximum atomic E-state index is 11.9. The summed E-state index contributed by atoms with van der Waals surface area (Å²) in [4.78, 5) is 26.2. The molecule has 0 aliphatic rings. The van der Waals surface area contributed by atoms with E-state index in [1.165, 1.54) is 0 Å². The van der Waals surface area contributed by atoms with E-state index < -0.39 is 17.0 Å². The largest absolute Gasteiger partial charge is 0.394 e. The molecule has 0 bridgehead atoms. The second kappa shape index (κ2) is 4.71. The number of aryl methyl sites for hydroxylation is 2. The molecule has 0 saturated heterocycles. The summed E-state index contributed by atoms with van der Waals surface area (Å²) in [5, 5.41) is 11.7. The summed E-state index contributed by atoms with van der Waals surface area (Å²) >= 11 is 0. The molecule has 0 unspecified atom stereocenters. The van der Waals surface area contributed by atoms with E-state index in [0.717, 1.165) is 0 Å². The van der Waals surface area contributed by atoms with Crippen molar-refractivity contribution >= 4 is 5.91 Å². The molecule has 94 valence electrons. The van der Waals surface area contributed by atoms with Crippen LogP contribution in [0.25, 0.3) is 0 Å². The van der Waals surface area contributed by atoms with E-state index in [4.69, 9.17) is 5.11 Å². The van der Waals surface area contributed by atoms with Crippen LogP contribution in [0.15, 0.2) is 10.9 Å². The van der Waals surface area contributed by atoms with Crippen LogP contribution in [0.2, 0.25) is 0 Å². The predicted molar refractivity (Wildman–Crippen MR) is 65.2 cm³/mol. The number of amides is 1. The van der Waals surface area contributed by atoms with Gasteiger partial charge in [0.1, 0.15) is 5.56 Å². The van der Waals surface area contributed by atoms with Gasteiger partial charge >= 0.3 is 0 Å². The van der Waals surface area contributed by atoms with Crippen LogP contribution >= 0.6 is 0 Å². The summed E-state index contributed by atoms with van der Waals surface area (Å²) in [5.41, 5.74) is 0.273. The highest BCUT2D eigenvalue weighted by Crippen LogP contribution is 2.06. The minimum Gasteiger partial charge on any atom is -0.394 e. The number of aromatic amines is 1. The SMILES string of the molecule is Cc1cc(C)c(C(=O)NC(C)(C)CO)c(=O)[nH]1. The number of carbonyl (C=O) groups excluding carboxylic acids is 1. The van der Waals surface area contributed by atoms with Gasteiger partial charge in [-0.25, -0.2) is 0 Å². The quantitative estimate of drug-likeness (QED) is 0.717. The van der Waals surface area contributed by atoms with Gasteiger partial charge in [0.25, 0.3) is 11.5 Å². The first-order valence-electron chi connectivity index (χ1n) is 5.41. The van der Waals surface area contributed by atoms with Crippen molar-refractivity contribution in [3.8, 4) is 0 Å². The van der Waals surface area contributed by atoms with Crippen molar-refractivity contribution in [3.05, 3.63) is 33.2 Å². The molecule has 1 rings (SSSR count). The van der Waals surface area contributed by atoms with Gasteiger partial charge in [-0.3, -0.25) is 9.59 Å². The Morgan fingerprint density at radius 2 is 2.06 bits per heavy atom. The van der Waals surface area contributed by atoms with Crippen LogP contribution in [0.3, 0.4) is 0 Å². The fraction of sp³-hybridized carbons (Fsp3) is 0.500. The first-order chi connectivity index (χ1) is 7.76. The molecule has 1 aromatic rings. The molecule has 0 fully saturated rings. The highest BCUT2D eigenvalue weighted by molar-refractivity contribution is 5.95. The van der Waals surface area contributed by atoms with Crippen LogP contribution in [0.1, 0.15) is 35.5 Å². The maximum absolute atomic E-state index is 11.9.